The smallest absolute Gasteiger partial charge is 0.255 e. The minimum atomic E-state index is -2.72. The number of nitrogens with zero attached hydrogens (tertiary/aromatic N) is 1. The Hall–Kier alpha value is -2.64. The molecule has 0 radical (unpaired) electrons. The van der Waals surface area contributed by atoms with Gasteiger partial charge in [0.05, 0.1) is 22.0 Å². The molecular weight excluding hydrogens is 597 g/mol. The third kappa shape index (κ3) is 4.11. The van der Waals surface area contributed by atoms with Gasteiger partial charge in [0, 0.05) is 11.5 Å². The number of anilines is 1. The van der Waals surface area contributed by atoms with Crippen LogP contribution in [0, 0.1) is 11.8 Å². The Bertz CT molecular complexity index is 1310. The Morgan fingerprint density at radius 3 is 2.43 bits per heavy atom. The molecule has 14 heteroatoms. The van der Waals surface area contributed by atoms with E-state index in [-0.39, 0.29) is 52.4 Å². The number of likely N-dealkylation sites (N-methyl/N-ethyl adjacent to an activating group) is 1. The average molecular weight is 621 g/mol. The maximum atomic E-state index is 13.7. The van der Waals surface area contributed by atoms with Gasteiger partial charge in [-0.2, -0.15) is 0 Å². The molecule has 0 saturated heterocycles. The molecule has 4 rings (SSSR count). The second-order valence-corrected chi connectivity index (χ2v) is 10.2. The maximum absolute atomic E-state index is 13.7. The fourth-order valence-electron chi connectivity index (χ4n) is 5.56. The van der Waals surface area contributed by atoms with E-state index in [9.17, 15) is 39.6 Å². The molecule has 1 aromatic carbocycles. The first-order valence-electron chi connectivity index (χ1n) is 10.8. The van der Waals surface area contributed by atoms with Crippen LogP contribution in [0.25, 0.3) is 5.76 Å². The Kier molecular flexibility index (Phi) is 7.75. The van der Waals surface area contributed by atoms with E-state index in [0.717, 1.165) is 0 Å². The Balaban J connectivity index is 0.00000380. The topological polar surface area (TPSA) is 190 Å². The standard InChI is InChI=1S/C23H23BrClN3O8.ClH/c1-28(2)16-9-4-7-3-8-5-10(25)15(27-11(29)6-24)18(31)12(8)17(30)13(7)20(33)23(9,36)21(34)14(19(16)32)22(26)35;/h5,7,9,16,30-31,34,36H,3-4,6H2,1-2H3,(H2,26,35)(H,27,29);1H/t7?,9?,16-,23-;/m0./s1. The number of aromatic hydroxyl groups is 1. The zero-order valence-corrected chi connectivity index (χ0v) is 22.7. The summed E-state index contributed by atoms with van der Waals surface area (Å²) in [5, 5.41) is 46.7. The van der Waals surface area contributed by atoms with Crippen LogP contribution >= 0.6 is 39.9 Å². The maximum Gasteiger partial charge on any atom is 0.255 e. The van der Waals surface area contributed by atoms with Gasteiger partial charge in [0.25, 0.3) is 5.91 Å². The Morgan fingerprint density at radius 1 is 1.27 bits per heavy atom. The lowest BCUT2D eigenvalue weighted by Crippen LogP contribution is -2.65. The fourth-order valence-corrected chi connectivity index (χ4v) is 5.96. The number of alkyl halides is 1. The minimum Gasteiger partial charge on any atom is -0.508 e. The molecule has 37 heavy (non-hydrogen) atoms. The van der Waals surface area contributed by atoms with Crippen molar-refractivity contribution in [1.82, 2.24) is 4.90 Å². The summed E-state index contributed by atoms with van der Waals surface area (Å²) in [5.74, 6) is -8.09. The van der Waals surface area contributed by atoms with Crippen LogP contribution in [-0.2, 0) is 25.6 Å². The summed E-state index contributed by atoms with van der Waals surface area (Å²) >= 11 is 9.26. The SMILES string of the molecule is CN(C)[C@@H]1C(=O)C(C(N)=O)=C(O)[C@@]2(O)C(=O)C3=C(O)c4c(cc(Cl)c(NC(=O)CBr)c4O)CC3CC12.Cl. The molecule has 3 aliphatic rings. The number of primary amides is 1. The summed E-state index contributed by atoms with van der Waals surface area (Å²) in [6.07, 6.45) is 0.0563. The van der Waals surface area contributed by atoms with Gasteiger partial charge in [-0.15, -0.1) is 12.4 Å². The van der Waals surface area contributed by atoms with Crippen LogP contribution in [0.1, 0.15) is 17.5 Å². The van der Waals surface area contributed by atoms with Gasteiger partial charge in [0.1, 0.15) is 22.8 Å². The number of hydrogen-bond acceptors (Lipinski definition) is 9. The molecule has 0 aromatic heterocycles. The molecule has 7 N–H and O–H groups in total. The van der Waals surface area contributed by atoms with Gasteiger partial charge in [-0.1, -0.05) is 27.5 Å². The molecule has 0 bridgehead atoms. The number of amides is 2. The van der Waals surface area contributed by atoms with Gasteiger partial charge in [-0.3, -0.25) is 24.1 Å². The molecule has 1 fully saturated rings. The highest BCUT2D eigenvalue weighted by Gasteiger charge is 2.64. The average Bonchev–Trinajstić information content (AvgIpc) is 2.78. The summed E-state index contributed by atoms with van der Waals surface area (Å²) in [6, 6.07) is 0.276. The lowest BCUT2D eigenvalue weighted by molar-refractivity contribution is -0.153. The van der Waals surface area contributed by atoms with Crippen molar-refractivity contribution in [3.63, 3.8) is 0 Å². The van der Waals surface area contributed by atoms with Crippen LogP contribution in [0.3, 0.4) is 0 Å². The van der Waals surface area contributed by atoms with E-state index in [1.807, 2.05) is 0 Å². The number of phenols is 1. The summed E-state index contributed by atoms with van der Waals surface area (Å²) in [6.45, 7) is 0. The number of aliphatic hydroxyl groups is 3. The van der Waals surface area contributed by atoms with Crippen molar-refractivity contribution in [2.45, 2.75) is 24.5 Å². The van der Waals surface area contributed by atoms with Crippen LogP contribution < -0.4 is 11.1 Å². The van der Waals surface area contributed by atoms with Crippen molar-refractivity contribution in [3.05, 3.63) is 39.1 Å². The van der Waals surface area contributed by atoms with Gasteiger partial charge in [-0.05, 0) is 44.5 Å². The number of carbonyl (C=O) groups is 4. The van der Waals surface area contributed by atoms with Crippen molar-refractivity contribution in [1.29, 1.82) is 0 Å². The van der Waals surface area contributed by atoms with Crippen LogP contribution in [-0.4, -0.2) is 79.8 Å². The van der Waals surface area contributed by atoms with E-state index in [2.05, 4.69) is 21.2 Å². The zero-order valence-electron chi connectivity index (χ0n) is 19.5. The highest BCUT2D eigenvalue weighted by atomic mass is 79.9. The van der Waals surface area contributed by atoms with Crippen molar-refractivity contribution < 1.29 is 39.6 Å². The number of ketones is 2. The minimum absolute atomic E-state index is 0. The first-order valence-corrected chi connectivity index (χ1v) is 12.3. The number of nitrogens with one attached hydrogen (secondary N) is 1. The van der Waals surface area contributed by atoms with Gasteiger partial charge < -0.3 is 31.5 Å². The number of hydrogen-bond donors (Lipinski definition) is 6. The molecule has 0 spiro atoms. The van der Waals surface area contributed by atoms with E-state index in [1.54, 1.807) is 0 Å². The number of phenolic OH excluding ortho intramolecular Hbond substituents is 1. The van der Waals surface area contributed by atoms with E-state index in [4.69, 9.17) is 17.3 Å². The molecule has 0 aliphatic heterocycles. The van der Waals surface area contributed by atoms with Crippen LogP contribution in [0.2, 0.25) is 5.02 Å². The highest BCUT2D eigenvalue weighted by molar-refractivity contribution is 9.09. The quantitative estimate of drug-likeness (QED) is 0.164. The first-order chi connectivity index (χ1) is 16.8. The predicted molar refractivity (Wildman–Crippen MR) is 139 cm³/mol. The van der Waals surface area contributed by atoms with E-state index >= 15 is 0 Å². The third-order valence-corrected chi connectivity index (χ3v) is 7.86. The molecule has 2 amide bonds. The number of Topliss-reactive ketones (excluding diaryl/α,β-unsaturated/α-hetero) is 2. The molecule has 4 atom stereocenters. The Labute approximate surface area is 230 Å². The normalized spacial score (nSPS) is 26.8. The van der Waals surface area contributed by atoms with Crippen molar-refractivity contribution in [3.8, 4) is 5.75 Å². The monoisotopic (exact) mass is 619 g/mol. The molecule has 2 unspecified atom stereocenters. The third-order valence-electron chi connectivity index (χ3n) is 7.05. The number of rotatable bonds is 4. The lowest BCUT2D eigenvalue weighted by Gasteiger charge is -2.50. The summed E-state index contributed by atoms with van der Waals surface area (Å²) in [5.41, 5.74) is 1.43. The molecule has 3 aliphatic carbocycles. The molecular formula is C23H24BrCl2N3O8. The second-order valence-electron chi connectivity index (χ2n) is 9.26. The van der Waals surface area contributed by atoms with E-state index in [0.29, 0.717) is 5.56 Å². The molecule has 200 valence electrons. The molecule has 11 nitrogen and oxygen atoms in total. The number of nitrogens with two attached hydrogens (primary N) is 1. The summed E-state index contributed by atoms with van der Waals surface area (Å²) in [4.78, 5) is 52.1. The largest absolute Gasteiger partial charge is 0.508 e. The number of benzene rings is 1. The van der Waals surface area contributed by atoms with Crippen molar-refractivity contribution in [2.75, 3.05) is 24.7 Å². The van der Waals surface area contributed by atoms with Crippen LogP contribution in [0.15, 0.2) is 23.0 Å². The number of carbonyl (C=O) groups excluding carboxylic acids is 4. The van der Waals surface area contributed by atoms with E-state index < -0.39 is 69.7 Å². The Morgan fingerprint density at radius 2 is 1.89 bits per heavy atom. The summed E-state index contributed by atoms with van der Waals surface area (Å²) < 4.78 is 0. The lowest BCUT2D eigenvalue weighted by atomic mass is 9.57. The first kappa shape index (κ1) is 28.9. The van der Waals surface area contributed by atoms with Crippen LogP contribution in [0.4, 0.5) is 5.69 Å². The molecule has 1 aromatic rings. The predicted octanol–water partition coefficient (Wildman–Crippen LogP) is 1.37. The number of aliphatic hydroxyl groups excluding tert-OH is 2. The van der Waals surface area contributed by atoms with Crippen molar-refractivity contribution >= 4 is 74.8 Å². The summed E-state index contributed by atoms with van der Waals surface area (Å²) in [7, 11) is 3.04. The van der Waals surface area contributed by atoms with Gasteiger partial charge >= 0.3 is 0 Å². The van der Waals surface area contributed by atoms with Gasteiger partial charge in [-0.25, -0.2) is 0 Å². The zero-order chi connectivity index (χ0) is 26.9. The van der Waals surface area contributed by atoms with Gasteiger partial charge in [0.2, 0.25) is 11.7 Å². The number of fused-ring (bicyclic) bond motifs is 3. The van der Waals surface area contributed by atoms with E-state index in [1.165, 1.54) is 25.1 Å². The van der Waals surface area contributed by atoms with Gasteiger partial charge in [0.15, 0.2) is 17.1 Å². The van der Waals surface area contributed by atoms with Crippen LogP contribution in [0.5, 0.6) is 5.75 Å². The van der Waals surface area contributed by atoms with Crippen molar-refractivity contribution in [2.24, 2.45) is 17.6 Å². The molecule has 0 heterocycles. The number of halogens is 3. The molecule has 1 saturated carbocycles. The second kappa shape index (κ2) is 9.91. The fraction of sp³-hybridized carbons (Fsp3) is 0.391. The highest BCUT2D eigenvalue weighted by Crippen LogP contribution is 2.54.